The molecule has 2 aliphatic carbocycles. The van der Waals surface area contributed by atoms with Gasteiger partial charge in [-0.1, -0.05) is 83.5 Å². The Balaban J connectivity index is 1.32. The Bertz CT molecular complexity index is 1080. The average molecular weight is 564 g/mol. The van der Waals surface area contributed by atoms with Gasteiger partial charge in [-0.2, -0.15) is 0 Å². The number of amides is 4. The number of nitrogens with zero attached hydrogens (tertiary/aromatic N) is 1. The summed E-state index contributed by atoms with van der Waals surface area (Å²) in [5.41, 5.74) is 1.92. The van der Waals surface area contributed by atoms with Crippen molar-refractivity contribution in [3.8, 4) is 0 Å². The van der Waals surface area contributed by atoms with Crippen LogP contribution in [0.3, 0.4) is 0 Å². The van der Waals surface area contributed by atoms with Gasteiger partial charge in [0.15, 0.2) is 0 Å². The molecule has 0 bridgehead atoms. The van der Waals surface area contributed by atoms with Gasteiger partial charge in [0.25, 0.3) is 11.8 Å². The molecule has 3 fully saturated rings. The Hall–Kier alpha value is -2.70. The zero-order valence-electron chi connectivity index (χ0n) is 24.8. The van der Waals surface area contributed by atoms with E-state index in [9.17, 15) is 19.2 Å². The molecule has 2 unspecified atom stereocenters. The summed E-state index contributed by atoms with van der Waals surface area (Å²) in [6.07, 6.45) is 22.2. The zero-order chi connectivity index (χ0) is 28.6. The molecule has 7 nitrogen and oxygen atoms in total. The molecule has 4 amide bonds. The van der Waals surface area contributed by atoms with Gasteiger partial charge in [0.05, 0.1) is 0 Å². The van der Waals surface area contributed by atoms with Gasteiger partial charge in [0.1, 0.15) is 6.04 Å². The highest BCUT2D eigenvalue weighted by molar-refractivity contribution is 6.06. The first-order valence-corrected chi connectivity index (χ1v) is 16.6. The number of rotatable bonds is 5. The van der Waals surface area contributed by atoms with Crippen molar-refractivity contribution >= 4 is 23.6 Å². The number of hydrogen-bond acceptors (Lipinski definition) is 4. The number of hydrogen-bond donors (Lipinski definition) is 2. The lowest BCUT2D eigenvalue weighted by atomic mass is 9.76. The Morgan fingerprint density at radius 3 is 1.83 bits per heavy atom. The molecule has 2 N–H and O–H groups in total. The molecule has 41 heavy (non-hydrogen) atoms. The third kappa shape index (κ3) is 7.58. The lowest BCUT2D eigenvalue weighted by Crippen LogP contribution is -2.52. The summed E-state index contributed by atoms with van der Waals surface area (Å²) in [4.78, 5) is 52.6. The largest absolute Gasteiger partial charge is 0.349 e. The van der Waals surface area contributed by atoms with Crippen molar-refractivity contribution < 1.29 is 19.2 Å². The maximum absolute atomic E-state index is 13.9. The van der Waals surface area contributed by atoms with Crippen molar-refractivity contribution in [3.05, 3.63) is 34.9 Å². The summed E-state index contributed by atoms with van der Waals surface area (Å²) in [6, 6.07) is 4.91. The first-order valence-electron chi connectivity index (χ1n) is 16.6. The number of piperidine rings is 1. The first-order chi connectivity index (χ1) is 20.0. The molecule has 2 heterocycles. The number of carbonyl (C=O) groups is 4. The minimum atomic E-state index is -0.648. The van der Waals surface area contributed by atoms with E-state index in [1.165, 1.54) is 109 Å². The number of fused-ring (bicyclic) bond motifs is 1. The maximum Gasteiger partial charge on any atom is 0.255 e. The van der Waals surface area contributed by atoms with Crippen LogP contribution in [0.4, 0.5) is 0 Å². The summed E-state index contributed by atoms with van der Waals surface area (Å²) in [5.74, 6) is 0.0873. The Labute approximate surface area is 245 Å². The molecule has 1 aromatic carbocycles. The summed E-state index contributed by atoms with van der Waals surface area (Å²) >= 11 is 0. The van der Waals surface area contributed by atoms with Gasteiger partial charge in [-0.25, -0.2) is 0 Å². The van der Waals surface area contributed by atoms with Crippen LogP contribution < -0.4 is 10.6 Å². The topological polar surface area (TPSA) is 95.6 Å². The smallest absolute Gasteiger partial charge is 0.255 e. The predicted octanol–water partition coefficient (Wildman–Crippen LogP) is 6.44. The van der Waals surface area contributed by atoms with E-state index in [0.29, 0.717) is 29.4 Å². The van der Waals surface area contributed by atoms with Gasteiger partial charge in [0, 0.05) is 30.1 Å². The van der Waals surface area contributed by atoms with Gasteiger partial charge in [-0.3, -0.25) is 24.5 Å². The van der Waals surface area contributed by atoms with Crippen molar-refractivity contribution in [1.82, 2.24) is 15.5 Å². The maximum atomic E-state index is 13.9. The van der Waals surface area contributed by atoms with E-state index < -0.39 is 11.9 Å². The fourth-order valence-corrected chi connectivity index (χ4v) is 7.79. The minimum absolute atomic E-state index is 0.0407. The Morgan fingerprint density at radius 2 is 1.29 bits per heavy atom. The monoisotopic (exact) mass is 563 g/mol. The van der Waals surface area contributed by atoms with E-state index in [-0.39, 0.29) is 36.7 Å². The third-order valence-corrected chi connectivity index (χ3v) is 10.1. The third-order valence-electron chi connectivity index (χ3n) is 10.1. The first kappa shape index (κ1) is 29.8. The van der Waals surface area contributed by atoms with E-state index in [0.717, 1.165) is 5.56 Å². The minimum Gasteiger partial charge on any atom is -0.349 e. The van der Waals surface area contributed by atoms with Crippen molar-refractivity contribution in [2.75, 3.05) is 0 Å². The van der Waals surface area contributed by atoms with Gasteiger partial charge < -0.3 is 10.2 Å². The molecule has 1 saturated heterocycles. The highest BCUT2D eigenvalue weighted by Gasteiger charge is 2.39. The fraction of sp³-hybridized carbons (Fsp3) is 0.706. The fourth-order valence-electron chi connectivity index (χ4n) is 7.79. The quantitative estimate of drug-likeness (QED) is 0.403. The molecular formula is C34H49N3O4. The molecule has 224 valence electrons. The van der Waals surface area contributed by atoms with E-state index in [2.05, 4.69) is 10.6 Å². The second kappa shape index (κ2) is 14.5. The van der Waals surface area contributed by atoms with Crippen molar-refractivity contribution in [1.29, 1.82) is 0 Å². The van der Waals surface area contributed by atoms with Crippen LogP contribution in [0.15, 0.2) is 18.2 Å². The summed E-state index contributed by atoms with van der Waals surface area (Å²) in [5, 5.41) is 5.93. The molecule has 2 saturated carbocycles. The molecule has 5 rings (SSSR count). The normalized spacial score (nSPS) is 24.9. The van der Waals surface area contributed by atoms with Crippen molar-refractivity contribution in [2.24, 2.45) is 11.8 Å². The van der Waals surface area contributed by atoms with Gasteiger partial charge in [0.2, 0.25) is 11.8 Å². The van der Waals surface area contributed by atoms with E-state index in [1.54, 1.807) is 17.0 Å². The highest BCUT2D eigenvalue weighted by Crippen LogP contribution is 2.34. The van der Waals surface area contributed by atoms with E-state index >= 15 is 0 Å². The zero-order valence-corrected chi connectivity index (χ0v) is 24.8. The van der Waals surface area contributed by atoms with Crippen molar-refractivity contribution in [3.63, 3.8) is 0 Å². The molecule has 1 aromatic rings. The van der Waals surface area contributed by atoms with E-state index in [1.807, 2.05) is 6.07 Å². The Kier molecular flexibility index (Phi) is 10.5. The van der Waals surface area contributed by atoms with Crippen LogP contribution in [-0.2, 0) is 16.1 Å². The van der Waals surface area contributed by atoms with Gasteiger partial charge in [-0.05, 0) is 67.7 Å². The van der Waals surface area contributed by atoms with E-state index in [4.69, 9.17) is 0 Å². The van der Waals surface area contributed by atoms with Crippen LogP contribution in [0.25, 0.3) is 0 Å². The molecule has 0 spiro atoms. The SMILES string of the molecule is O=C1CCC(N2Cc3cc(C(=O)NC(C4CCCCCCCCCC4)C4CCCCCCC4)ccc3C2=O)C(=O)N1. The number of nitrogens with one attached hydrogen (secondary N) is 2. The van der Waals surface area contributed by atoms with Crippen LogP contribution in [0.5, 0.6) is 0 Å². The second-order valence-corrected chi connectivity index (χ2v) is 13.0. The lowest BCUT2D eigenvalue weighted by Gasteiger charge is -2.36. The van der Waals surface area contributed by atoms with Gasteiger partial charge >= 0.3 is 0 Å². The second-order valence-electron chi connectivity index (χ2n) is 13.0. The average Bonchev–Trinajstić information content (AvgIpc) is 3.23. The van der Waals surface area contributed by atoms with Crippen LogP contribution in [0, 0.1) is 11.8 Å². The van der Waals surface area contributed by atoms with Crippen molar-refractivity contribution in [2.45, 2.75) is 141 Å². The lowest BCUT2D eigenvalue weighted by molar-refractivity contribution is -0.136. The molecule has 0 aromatic heterocycles. The molecule has 2 atom stereocenters. The molecule has 2 aliphatic heterocycles. The number of benzene rings is 1. The molecule has 4 aliphatic rings. The summed E-state index contributed by atoms with van der Waals surface area (Å²) in [6.45, 7) is 0.288. The van der Waals surface area contributed by atoms with Crippen LogP contribution >= 0.6 is 0 Å². The summed E-state index contributed by atoms with van der Waals surface area (Å²) < 4.78 is 0. The highest BCUT2D eigenvalue weighted by atomic mass is 16.2. The molecule has 0 radical (unpaired) electrons. The van der Waals surface area contributed by atoms with Crippen LogP contribution in [-0.4, -0.2) is 40.6 Å². The molecular weight excluding hydrogens is 514 g/mol. The summed E-state index contributed by atoms with van der Waals surface area (Å²) in [7, 11) is 0. The van der Waals surface area contributed by atoms with Crippen LogP contribution in [0.2, 0.25) is 0 Å². The standard InChI is InChI=1S/C34H49N3O4/c38-30-21-20-29(33(40)35-30)37-23-27-22-26(18-19-28(27)34(37)41)32(39)36-31(25-16-12-8-5-9-13-17-25)24-14-10-6-3-1-2-4-7-11-15-24/h18-19,22,24-25,29,31H,1-17,20-21,23H2,(H,36,39)(H,35,38,40). The number of imide groups is 1. The molecule has 7 heteroatoms. The van der Waals surface area contributed by atoms with Gasteiger partial charge in [-0.15, -0.1) is 0 Å². The Morgan fingerprint density at radius 1 is 0.756 bits per heavy atom. The number of carbonyl (C=O) groups excluding carboxylic acids is 4. The van der Waals surface area contributed by atoms with Crippen LogP contribution in [0.1, 0.15) is 148 Å². The predicted molar refractivity (Wildman–Crippen MR) is 159 cm³/mol.